The Balaban J connectivity index is 4.53. The van der Waals surface area contributed by atoms with Crippen molar-refractivity contribution in [1.82, 2.24) is 0 Å². The molecule has 0 bridgehead atoms. The highest BCUT2D eigenvalue weighted by atomic mass is 14.3. The Bertz CT molecular complexity index is 224. The second kappa shape index (κ2) is 15.5. The average molecular weight is 325 g/mol. The van der Waals surface area contributed by atoms with Gasteiger partial charge < -0.3 is 0 Å². The zero-order chi connectivity index (χ0) is 17.5. The fourth-order valence-electron chi connectivity index (χ4n) is 4.28. The number of rotatable bonds is 16. The number of unbranched alkanes of at least 4 members (excludes halogenated alkanes) is 3. The highest BCUT2D eigenvalue weighted by molar-refractivity contribution is 4.72. The Morgan fingerprint density at radius 1 is 0.435 bits per heavy atom. The third-order valence-corrected chi connectivity index (χ3v) is 6.35. The minimum atomic E-state index is 0.967. The van der Waals surface area contributed by atoms with Crippen molar-refractivity contribution in [2.75, 3.05) is 0 Å². The molecule has 0 radical (unpaired) electrons. The van der Waals surface area contributed by atoms with Crippen LogP contribution in [0, 0.1) is 23.7 Å². The van der Waals surface area contributed by atoms with Crippen molar-refractivity contribution in [3.05, 3.63) is 0 Å². The summed E-state index contributed by atoms with van der Waals surface area (Å²) in [6.45, 7) is 14.3. The molecule has 0 aromatic rings. The lowest BCUT2D eigenvalue weighted by molar-refractivity contribution is 0.239. The molecule has 0 aromatic heterocycles. The summed E-state index contributed by atoms with van der Waals surface area (Å²) < 4.78 is 0. The van der Waals surface area contributed by atoms with Gasteiger partial charge in [0.2, 0.25) is 0 Å². The predicted octanol–water partition coefficient (Wildman–Crippen LogP) is 8.64. The molecule has 0 aliphatic heterocycles. The second-order valence-corrected chi connectivity index (χ2v) is 8.06. The van der Waals surface area contributed by atoms with Gasteiger partial charge in [0.1, 0.15) is 0 Å². The van der Waals surface area contributed by atoms with E-state index in [-0.39, 0.29) is 0 Å². The van der Waals surface area contributed by atoms with Crippen molar-refractivity contribution in [1.29, 1.82) is 0 Å². The Morgan fingerprint density at radius 2 is 0.870 bits per heavy atom. The molecule has 2 atom stereocenters. The maximum atomic E-state index is 2.43. The van der Waals surface area contributed by atoms with E-state index in [9.17, 15) is 0 Å². The van der Waals surface area contributed by atoms with Gasteiger partial charge in [0.25, 0.3) is 0 Å². The highest BCUT2D eigenvalue weighted by Crippen LogP contribution is 2.33. The predicted molar refractivity (Wildman–Crippen MR) is 108 cm³/mol. The third kappa shape index (κ3) is 11.2. The minimum absolute atomic E-state index is 0.967. The van der Waals surface area contributed by atoms with E-state index in [2.05, 4.69) is 41.5 Å². The maximum Gasteiger partial charge on any atom is -0.0409 e. The quantitative estimate of drug-likeness (QED) is 0.249. The molecule has 2 unspecified atom stereocenters. The topological polar surface area (TPSA) is 0 Å². The molecule has 0 N–H and O–H groups in total. The average Bonchev–Trinajstić information content (AvgIpc) is 2.59. The van der Waals surface area contributed by atoms with Crippen molar-refractivity contribution in [3.8, 4) is 0 Å². The third-order valence-electron chi connectivity index (χ3n) is 6.35. The van der Waals surface area contributed by atoms with Crippen LogP contribution in [0.25, 0.3) is 0 Å². The van der Waals surface area contributed by atoms with Crippen LogP contribution in [-0.4, -0.2) is 0 Å². The van der Waals surface area contributed by atoms with Crippen LogP contribution in [-0.2, 0) is 0 Å². The van der Waals surface area contributed by atoms with Crippen LogP contribution in [0.1, 0.15) is 125 Å². The molecule has 0 amide bonds. The van der Waals surface area contributed by atoms with E-state index in [4.69, 9.17) is 0 Å². The Kier molecular flexibility index (Phi) is 15.5. The van der Waals surface area contributed by atoms with Gasteiger partial charge in [-0.1, -0.05) is 106 Å². The number of hydrogen-bond acceptors (Lipinski definition) is 0. The van der Waals surface area contributed by atoms with Gasteiger partial charge in [0.15, 0.2) is 0 Å². The van der Waals surface area contributed by atoms with E-state index in [1.54, 1.807) is 0 Å². The fraction of sp³-hybridized carbons (Fsp3) is 1.00. The van der Waals surface area contributed by atoms with E-state index in [0.29, 0.717) is 0 Å². The zero-order valence-corrected chi connectivity index (χ0v) is 17.5. The fourth-order valence-corrected chi connectivity index (χ4v) is 4.28. The van der Waals surface area contributed by atoms with Crippen LogP contribution >= 0.6 is 0 Å². The Morgan fingerprint density at radius 3 is 1.30 bits per heavy atom. The molecule has 0 rings (SSSR count). The van der Waals surface area contributed by atoms with Crippen LogP contribution in [0.15, 0.2) is 0 Å². The van der Waals surface area contributed by atoms with E-state index in [0.717, 1.165) is 23.7 Å². The van der Waals surface area contributed by atoms with E-state index in [1.165, 1.54) is 83.5 Å². The van der Waals surface area contributed by atoms with Crippen molar-refractivity contribution in [2.45, 2.75) is 125 Å². The first-order chi connectivity index (χ1) is 11.1. The largest absolute Gasteiger partial charge is 0.0654 e. The molecule has 0 heteroatoms. The smallest absolute Gasteiger partial charge is 0.0409 e. The summed E-state index contributed by atoms with van der Waals surface area (Å²) in [5, 5.41) is 0. The lowest BCUT2D eigenvalue weighted by atomic mass is 9.78. The van der Waals surface area contributed by atoms with E-state index < -0.39 is 0 Å². The normalized spacial score (nSPS) is 14.6. The van der Waals surface area contributed by atoms with Gasteiger partial charge in [-0.3, -0.25) is 0 Å². The van der Waals surface area contributed by atoms with Crippen molar-refractivity contribution >= 4 is 0 Å². The molecule has 0 saturated carbocycles. The minimum Gasteiger partial charge on any atom is -0.0654 e. The van der Waals surface area contributed by atoms with Crippen LogP contribution in [0.4, 0.5) is 0 Å². The van der Waals surface area contributed by atoms with Crippen LogP contribution < -0.4 is 0 Å². The molecule has 0 nitrogen and oxygen atoms in total. The second-order valence-electron chi connectivity index (χ2n) is 8.06. The Hall–Kier alpha value is 0. The van der Waals surface area contributed by atoms with E-state index >= 15 is 0 Å². The molecule has 0 aromatic carbocycles. The molecule has 0 spiro atoms. The van der Waals surface area contributed by atoms with E-state index in [1.807, 2.05) is 0 Å². The first-order valence-corrected chi connectivity index (χ1v) is 11.1. The summed E-state index contributed by atoms with van der Waals surface area (Å²) in [7, 11) is 0. The summed E-state index contributed by atoms with van der Waals surface area (Å²) in [5.74, 6) is 3.91. The SMILES string of the molecule is CCCCCCC(CC(CC)CC)CC(CC)CC(CC)CC. The van der Waals surface area contributed by atoms with Crippen LogP contribution in [0.5, 0.6) is 0 Å². The standard InChI is InChI=1S/C23H48/c1-7-13-14-15-16-23(18-21(10-4)11-5)19-22(12-6)17-20(8-2)9-3/h20-23H,7-19H2,1-6H3. The molecule has 140 valence electrons. The summed E-state index contributed by atoms with van der Waals surface area (Å²) in [5.41, 5.74) is 0. The molecule has 0 saturated heterocycles. The van der Waals surface area contributed by atoms with Crippen molar-refractivity contribution < 1.29 is 0 Å². The molecule has 23 heavy (non-hydrogen) atoms. The van der Waals surface area contributed by atoms with Gasteiger partial charge in [-0.2, -0.15) is 0 Å². The van der Waals surface area contributed by atoms with Gasteiger partial charge in [0, 0.05) is 0 Å². The molecule has 0 heterocycles. The Labute approximate surface area is 149 Å². The lowest BCUT2D eigenvalue weighted by Crippen LogP contribution is -2.15. The van der Waals surface area contributed by atoms with Gasteiger partial charge in [-0.25, -0.2) is 0 Å². The van der Waals surface area contributed by atoms with Crippen LogP contribution in [0.3, 0.4) is 0 Å². The number of hydrogen-bond donors (Lipinski definition) is 0. The molecule has 0 fully saturated rings. The monoisotopic (exact) mass is 324 g/mol. The first kappa shape index (κ1) is 23.0. The molecule has 0 aliphatic carbocycles. The molecular formula is C23H48. The summed E-state index contributed by atoms with van der Waals surface area (Å²) >= 11 is 0. The summed E-state index contributed by atoms with van der Waals surface area (Å²) in [6, 6.07) is 0. The van der Waals surface area contributed by atoms with Gasteiger partial charge in [-0.15, -0.1) is 0 Å². The molecule has 0 aliphatic rings. The zero-order valence-electron chi connectivity index (χ0n) is 17.5. The summed E-state index contributed by atoms with van der Waals surface area (Å²) in [4.78, 5) is 0. The highest BCUT2D eigenvalue weighted by Gasteiger charge is 2.20. The van der Waals surface area contributed by atoms with Gasteiger partial charge >= 0.3 is 0 Å². The lowest BCUT2D eigenvalue weighted by Gasteiger charge is -2.28. The van der Waals surface area contributed by atoms with Crippen LogP contribution in [0.2, 0.25) is 0 Å². The summed E-state index contributed by atoms with van der Waals surface area (Å²) in [6.07, 6.45) is 18.6. The first-order valence-electron chi connectivity index (χ1n) is 11.1. The van der Waals surface area contributed by atoms with Gasteiger partial charge in [0.05, 0.1) is 0 Å². The molecular weight excluding hydrogens is 276 g/mol. The van der Waals surface area contributed by atoms with Crippen molar-refractivity contribution in [2.24, 2.45) is 23.7 Å². The van der Waals surface area contributed by atoms with Crippen molar-refractivity contribution in [3.63, 3.8) is 0 Å². The van der Waals surface area contributed by atoms with Gasteiger partial charge in [-0.05, 0) is 42.9 Å². The maximum absolute atomic E-state index is 2.43.